The number of hydrogen-bond donors (Lipinski definition) is 3. The lowest BCUT2D eigenvalue weighted by Crippen LogP contribution is -2.43. The Labute approximate surface area is 113 Å². The third kappa shape index (κ3) is 3.27. The number of carbonyl (C=O) groups is 1. The van der Waals surface area contributed by atoms with E-state index in [1.807, 2.05) is 12.1 Å². The molecule has 0 radical (unpaired) electrons. The highest BCUT2D eigenvalue weighted by atomic mass is 32.1. The quantitative estimate of drug-likeness (QED) is 0.734. The number of benzene rings is 1. The third-order valence-electron chi connectivity index (χ3n) is 3.59. The van der Waals surface area contributed by atoms with Crippen LogP contribution in [0.4, 0.5) is 0 Å². The smallest absolute Gasteiger partial charge is 0.251 e. The molecule has 0 saturated heterocycles. The largest absolute Gasteiger partial charge is 0.396 e. The first-order chi connectivity index (χ1) is 8.70. The number of amides is 1. The first-order valence-electron chi connectivity index (χ1n) is 6.41. The highest BCUT2D eigenvalue weighted by Gasteiger charge is 2.25. The van der Waals surface area contributed by atoms with E-state index >= 15 is 0 Å². The monoisotopic (exact) mass is 265 g/mol. The van der Waals surface area contributed by atoms with E-state index < -0.39 is 0 Å². The summed E-state index contributed by atoms with van der Waals surface area (Å²) < 4.78 is 0. The second kappa shape index (κ2) is 6.25. The predicted molar refractivity (Wildman–Crippen MR) is 74.0 cm³/mol. The van der Waals surface area contributed by atoms with Gasteiger partial charge in [0.05, 0.1) is 0 Å². The number of aliphatic hydroxyl groups is 1. The lowest BCUT2D eigenvalue weighted by molar-refractivity contribution is 0.0872. The van der Waals surface area contributed by atoms with Gasteiger partial charge in [0.15, 0.2) is 0 Å². The minimum atomic E-state index is -0.0614. The van der Waals surface area contributed by atoms with Gasteiger partial charge in [0.25, 0.3) is 5.91 Å². The molecule has 0 aromatic heterocycles. The second-order valence-corrected chi connectivity index (χ2v) is 5.37. The van der Waals surface area contributed by atoms with E-state index in [1.54, 1.807) is 12.1 Å². The molecule has 98 valence electrons. The first kappa shape index (κ1) is 13.4. The average Bonchev–Trinajstić information content (AvgIpc) is 2.40. The summed E-state index contributed by atoms with van der Waals surface area (Å²) in [5.41, 5.74) is 0.648. The average molecular weight is 265 g/mol. The van der Waals surface area contributed by atoms with Crippen molar-refractivity contribution in [3.8, 4) is 0 Å². The lowest BCUT2D eigenvalue weighted by atomic mass is 9.85. The molecule has 0 aliphatic heterocycles. The molecule has 2 unspecified atom stereocenters. The topological polar surface area (TPSA) is 49.3 Å². The standard InChI is InChI=1S/C14H19NO2S/c16-9-11-3-1-2-4-13(11)15-14(17)10-5-7-12(18)8-6-10/h5-8,11,13,16,18H,1-4,9H2,(H,15,17). The molecule has 3 nitrogen and oxygen atoms in total. The zero-order chi connectivity index (χ0) is 13.0. The fourth-order valence-electron chi connectivity index (χ4n) is 2.48. The molecule has 2 rings (SSSR count). The summed E-state index contributed by atoms with van der Waals surface area (Å²) in [6.07, 6.45) is 4.22. The van der Waals surface area contributed by atoms with Crippen molar-refractivity contribution in [2.45, 2.75) is 36.6 Å². The van der Waals surface area contributed by atoms with Crippen LogP contribution in [0.2, 0.25) is 0 Å². The molecular formula is C14H19NO2S. The molecule has 4 heteroatoms. The van der Waals surface area contributed by atoms with Gasteiger partial charge in [-0.05, 0) is 37.1 Å². The fraction of sp³-hybridized carbons (Fsp3) is 0.500. The van der Waals surface area contributed by atoms with Crippen LogP contribution in [0.3, 0.4) is 0 Å². The molecule has 2 N–H and O–H groups in total. The Hall–Kier alpha value is -1.00. The van der Waals surface area contributed by atoms with Gasteiger partial charge in [-0.2, -0.15) is 0 Å². The molecular weight excluding hydrogens is 246 g/mol. The van der Waals surface area contributed by atoms with Crippen LogP contribution in [0.15, 0.2) is 29.2 Å². The van der Waals surface area contributed by atoms with Crippen LogP contribution in [-0.4, -0.2) is 23.7 Å². The maximum absolute atomic E-state index is 12.1. The van der Waals surface area contributed by atoms with E-state index in [2.05, 4.69) is 17.9 Å². The highest BCUT2D eigenvalue weighted by molar-refractivity contribution is 7.80. The zero-order valence-corrected chi connectivity index (χ0v) is 11.2. The van der Waals surface area contributed by atoms with Crippen molar-refractivity contribution < 1.29 is 9.90 Å². The Morgan fingerprint density at radius 3 is 2.61 bits per heavy atom. The molecule has 0 bridgehead atoms. The first-order valence-corrected chi connectivity index (χ1v) is 6.86. The lowest BCUT2D eigenvalue weighted by Gasteiger charge is -2.30. The van der Waals surface area contributed by atoms with Crippen molar-refractivity contribution in [3.05, 3.63) is 29.8 Å². The maximum atomic E-state index is 12.1. The zero-order valence-electron chi connectivity index (χ0n) is 10.3. The summed E-state index contributed by atoms with van der Waals surface area (Å²) >= 11 is 4.20. The molecule has 1 aliphatic rings. The second-order valence-electron chi connectivity index (χ2n) is 4.85. The van der Waals surface area contributed by atoms with Gasteiger partial charge in [0.2, 0.25) is 0 Å². The van der Waals surface area contributed by atoms with Gasteiger partial charge in [-0.3, -0.25) is 4.79 Å². The minimum absolute atomic E-state index is 0.0614. The van der Waals surface area contributed by atoms with Crippen molar-refractivity contribution in [1.82, 2.24) is 5.32 Å². The summed E-state index contributed by atoms with van der Waals surface area (Å²) in [7, 11) is 0. The number of hydrogen-bond acceptors (Lipinski definition) is 3. The molecule has 1 saturated carbocycles. The van der Waals surface area contributed by atoms with Gasteiger partial charge in [-0.25, -0.2) is 0 Å². The number of carbonyl (C=O) groups excluding carboxylic acids is 1. The van der Waals surface area contributed by atoms with Crippen molar-refractivity contribution in [2.24, 2.45) is 5.92 Å². The number of rotatable bonds is 3. The van der Waals surface area contributed by atoms with E-state index in [4.69, 9.17) is 0 Å². The van der Waals surface area contributed by atoms with Gasteiger partial charge in [0, 0.05) is 29.0 Å². The van der Waals surface area contributed by atoms with Gasteiger partial charge in [-0.1, -0.05) is 12.8 Å². The molecule has 1 fully saturated rings. The molecule has 1 aliphatic carbocycles. The van der Waals surface area contributed by atoms with Gasteiger partial charge >= 0.3 is 0 Å². The summed E-state index contributed by atoms with van der Waals surface area (Å²) in [6, 6.07) is 7.26. The van der Waals surface area contributed by atoms with E-state index in [-0.39, 0.29) is 24.5 Å². The molecule has 1 aromatic carbocycles. The molecule has 18 heavy (non-hydrogen) atoms. The van der Waals surface area contributed by atoms with Crippen LogP contribution < -0.4 is 5.32 Å². The Kier molecular flexibility index (Phi) is 4.66. The van der Waals surface area contributed by atoms with Crippen LogP contribution >= 0.6 is 12.6 Å². The van der Waals surface area contributed by atoms with E-state index in [0.29, 0.717) is 5.56 Å². The van der Waals surface area contributed by atoms with E-state index in [9.17, 15) is 9.90 Å². The van der Waals surface area contributed by atoms with Crippen LogP contribution in [0.25, 0.3) is 0 Å². The van der Waals surface area contributed by atoms with Crippen molar-refractivity contribution in [2.75, 3.05) is 6.61 Å². The molecule has 1 aromatic rings. The molecule has 0 heterocycles. The summed E-state index contributed by atoms with van der Waals surface area (Å²) in [5, 5.41) is 12.4. The SMILES string of the molecule is O=C(NC1CCCCC1CO)c1ccc(S)cc1. The summed E-state index contributed by atoms with van der Waals surface area (Å²) in [4.78, 5) is 12.9. The molecule has 0 spiro atoms. The fourth-order valence-corrected chi connectivity index (χ4v) is 2.63. The van der Waals surface area contributed by atoms with E-state index in [0.717, 1.165) is 30.6 Å². The Morgan fingerprint density at radius 2 is 1.94 bits per heavy atom. The van der Waals surface area contributed by atoms with Crippen LogP contribution in [0, 0.1) is 5.92 Å². The van der Waals surface area contributed by atoms with Crippen LogP contribution in [-0.2, 0) is 0 Å². The van der Waals surface area contributed by atoms with Crippen molar-refractivity contribution in [3.63, 3.8) is 0 Å². The van der Waals surface area contributed by atoms with Crippen LogP contribution in [0.1, 0.15) is 36.0 Å². The van der Waals surface area contributed by atoms with Crippen LogP contribution in [0.5, 0.6) is 0 Å². The predicted octanol–water partition coefficient (Wildman–Crippen LogP) is 2.26. The van der Waals surface area contributed by atoms with Gasteiger partial charge < -0.3 is 10.4 Å². The van der Waals surface area contributed by atoms with Crippen molar-refractivity contribution in [1.29, 1.82) is 0 Å². The third-order valence-corrected chi connectivity index (χ3v) is 3.89. The molecule has 1 amide bonds. The van der Waals surface area contributed by atoms with Gasteiger partial charge in [0.1, 0.15) is 0 Å². The number of nitrogens with one attached hydrogen (secondary N) is 1. The Balaban J connectivity index is 1.99. The number of aliphatic hydroxyl groups excluding tert-OH is 1. The Bertz CT molecular complexity index is 405. The Morgan fingerprint density at radius 1 is 1.28 bits per heavy atom. The molecule has 2 atom stereocenters. The van der Waals surface area contributed by atoms with Crippen molar-refractivity contribution >= 4 is 18.5 Å². The normalized spacial score (nSPS) is 23.7. The summed E-state index contributed by atoms with van der Waals surface area (Å²) in [6.45, 7) is 0.153. The highest BCUT2D eigenvalue weighted by Crippen LogP contribution is 2.24. The van der Waals surface area contributed by atoms with E-state index in [1.165, 1.54) is 0 Å². The number of thiol groups is 1. The van der Waals surface area contributed by atoms with Gasteiger partial charge in [-0.15, -0.1) is 12.6 Å². The minimum Gasteiger partial charge on any atom is -0.396 e. The summed E-state index contributed by atoms with van der Waals surface area (Å²) in [5.74, 6) is 0.139. The maximum Gasteiger partial charge on any atom is 0.251 e.